The first-order valence-corrected chi connectivity index (χ1v) is 5.15. The van der Waals surface area contributed by atoms with Gasteiger partial charge in [0.15, 0.2) is 0 Å². The number of hydrogen-bond donors (Lipinski definition) is 2. The fraction of sp³-hybridized carbons (Fsp3) is 0.900. The number of nitrogens with two attached hydrogens (primary N) is 1. The molecule has 1 amide bonds. The molecule has 2 atom stereocenters. The predicted molar refractivity (Wildman–Crippen MR) is 53.2 cm³/mol. The molecule has 0 aromatic carbocycles. The molecule has 0 radical (unpaired) electrons. The Bertz CT molecular complexity index is 176. The minimum absolute atomic E-state index is 0.164. The van der Waals surface area contributed by atoms with Crippen molar-refractivity contribution in [2.75, 3.05) is 0 Å². The highest BCUT2D eigenvalue weighted by molar-refractivity contribution is 5.79. The van der Waals surface area contributed by atoms with Gasteiger partial charge in [-0.1, -0.05) is 6.42 Å². The van der Waals surface area contributed by atoms with Gasteiger partial charge < -0.3 is 11.1 Å². The van der Waals surface area contributed by atoms with Crippen molar-refractivity contribution >= 4 is 5.91 Å². The maximum Gasteiger partial charge on any atom is 0.223 e. The second kappa shape index (κ2) is 4.61. The quantitative estimate of drug-likeness (QED) is 0.685. The van der Waals surface area contributed by atoms with Gasteiger partial charge in [-0.25, -0.2) is 0 Å². The molecule has 1 fully saturated rings. The highest BCUT2D eigenvalue weighted by Gasteiger charge is 2.25. The van der Waals surface area contributed by atoms with Gasteiger partial charge >= 0.3 is 0 Å². The number of amides is 1. The summed E-state index contributed by atoms with van der Waals surface area (Å²) in [6.07, 6.45) is 4.20. The van der Waals surface area contributed by atoms with Crippen LogP contribution < -0.4 is 11.1 Å². The number of carbonyl (C=O) groups is 1. The molecule has 1 aliphatic rings. The Labute approximate surface area is 80.1 Å². The van der Waals surface area contributed by atoms with E-state index in [-0.39, 0.29) is 23.9 Å². The molecule has 1 aliphatic carbocycles. The molecular weight excluding hydrogens is 164 g/mol. The van der Waals surface area contributed by atoms with Crippen molar-refractivity contribution in [2.45, 2.75) is 51.6 Å². The van der Waals surface area contributed by atoms with Crippen molar-refractivity contribution in [1.29, 1.82) is 0 Å². The lowest BCUT2D eigenvalue weighted by Crippen LogP contribution is -2.41. The van der Waals surface area contributed by atoms with E-state index in [2.05, 4.69) is 5.32 Å². The maximum absolute atomic E-state index is 11.5. The summed E-state index contributed by atoms with van der Waals surface area (Å²) in [5.41, 5.74) is 5.64. The number of nitrogens with one attached hydrogen (secondary N) is 1. The van der Waals surface area contributed by atoms with Crippen molar-refractivity contribution in [3.8, 4) is 0 Å². The lowest BCUT2D eigenvalue weighted by Gasteiger charge is -2.26. The van der Waals surface area contributed by atoms with Crippen LogP contribution >= 0.6 is 0 Å². The average Bonchev–Trinajstić information content (AvgIpc) is 1.78. The number of carbonyl (C=O) groups excluding carboxylic acids is 1. The molecule has 0 spiro atoms. The van der Waals surface area contributed by atoms with Crippen LogP contribution in [0.5, 0.6) is 0 Å². The third-order valence-corrected chi connectivity index (χ3v) is 2.59. The van der Waals surface area contributed by atoms with E-state index in [1.807, 2.05) is 13.8 Å². The van der Waals surface area contributed by atoms with Crippen molar-refractivity contribution in [3.63, 3.8) is 0 Å². The molecule has 3 N–H and O–H groups in total. The first kappa shape index (κ1) is 10.5. The molecule has 0 aromatic rings. The van der Waals surface area contributed by atoms with Crippen molar-refractivity contribution in [1.82, 2.24) is 5.32 Å². The smallest absolute Gasteiger partial charge is 0.223 e. The molecule has 76 valence electrons. The minimum Gasteiger partial charge on any atom is -0.353 e. The maximum atomic E-state index is 11.5. The summed E-state index contributed by atoms with van der Waals surface area (Å²) >= 11 is 0. The SMILES string of the molecule is CC(N)CC(C)NC(=O)C1CCC1. The summed E-state index contributed by atoms with van der Waals surface area (Å²) in [4.78, 5) is 11.5. The van der Waals surface area contributed by atoms with Crippen molar-refractivity contribution < 1.29 is 4.79 Å². The van der Waals surface area contributed by atoms with Gasteiger partial charge in [-0.15, -0.1) is 0 Å². The van der Waals surface area contributed by atoms with Gasteiger partial charge in [0, 0.05) is 18.0 Å². The molecular formula is C10H20N2O. The van der Waals surface area contributed by atoms with Crippen LogP contribution in [0.4, 0.5) is 0 Å². The summed E-state index contributed by atoms with van der Waals surface area (Å²) in [6, 6.07) is 0.379. The standard InChI is InChI=1S/C10H20N2O/c1-7(11)6-8(2)12-10(13)9-4-3-5-9/h7-9H,3-6,11H2,1-2H3,(H,12,13). The Kier molecular flexibility index (Phi) is 3.72. The lowest BCUT2D eigenvalue weighted by molar-refractivity contribution is -0.128. The summed E-state index contributed by atoms with van der Waals surface area (Å²) < 4.78 is 0. The molecule has 1 rings (SSSR count). The van der Waals surface area contributed by atoms with E-state index < -0.39 is 0 Å². The Morgan fingerprint density at radius 3 is 2.54 bits per heavy atom. The van der Waals surface area contributed by atoms with Gasteiger partial charge in [-0.05, 0) is 33.1 Å². The van der Waals surface area contributed by atoms with E-state index in [4.69, 9.17) is 5.73 Å². The third kappa shape index (κ3) is 3.35. The van der Waals surface area contributed by atoms with E-state index >= 15 is 0 Å². The Balaban J connectivity index is 2.18. The molecule has 0 aromatic heterocycles. The van der Waals surface area contributed by atoms with Gasteiger partial charge in [0.1, 0.15) is 0 Å². The van der Waals surface area contributed by atoms with E-state index in [1.54, 1.807) is 0 Å². The monoisotopic (exact) mass is 184 g/mol. The largest absolute Gasteiger partial charge is 0.353 e. The summed E-state index contributed by atoms with van der Waals surface area (Å²) in [5.74, 6) is 0.509. The van der Waals surface area contributed by atoms with Crippen LogP contribution in [0.2, 0.25) is 0 Å². The van der Waals surface area contributed by atoms with Crippen LogP contribution in [0.15, 0.2) is 0 Å². The zero-order chi connectivity index (χ0) is 9.84. The Morgan fingerprint density at radius 1 is 1.54 bits per heavy atom. The molecule has 2 unspecified atom stereocenters. The van der Waals surface area contributed by atoms with Crippen LogP contribution in [0.1, 0.15) is 39.5 Å². The zero-order valence-electron chi connectivity index (χ0n) is 8.55. The second-order valence-electron chi connectivity index (χ2n) is 4.25. The van der Waals surface area contributed by atoms with E-state index in [9.17, 15) is 4.79 Å². The Hall–Kier alpha value is -0.570. The lowest BCUT2D eigenvalue weighted by atomic mass is 9.84. The molecule has 3 heteroatoms. The first-order chi connectivity index (χ1) is 6.09. The van der Waals surface area contributed by atoms with Crippen molar-refractivity contribution in [3.05, 3.63) is 0 Å². The molecule has 0 bridgehead atoms. The first-order valence-electron chi connectivity index (χ1n) is 5.15. The third-order valence-electron chi connectivity index (χ3n) is 2.59. The van der Waals surface area contributed by atoms with Gasteiger partial charge in [-0.3, -0.25) is 4.79 Å². The normalized spacial score (nSPS) is 21.8. The molecule has 0 heterocycles. The molecule has 13 heavy (non-hydrogen) atoms. The van der Waals surface area contributed by atoms with E-state index in [0.717, 1.165) is 19.3 Å². The molecule has 3 nitrogen and oxygen atoms in total. The van der Waals surface area contributed by atoms with Gasteiger partial charge in [0.2, 0.25) is 5.91 Å². The van der Waals surface area contributed by atoms with Gasteiger partial charge in [0.25, 0.3) is 0 Å². The minimum atomic E-state index is 0.164. The highest BCUT2D eigenvalue weighted by Crippen LogP contribution is 2.26. The number of hydrogen-bond acceptors (Lipinski definition) is 2. The van der Waals surface area contributed by atoms with Gasteiger partial charge in [-0.2, -0.15) is 0 Å². The molecule has 0 aliphatic heterocycles. The predicted octanol–water partition coefficient (Wildman–Crippen LogP) is 1.03. The van der Waals surface area contributed by atoms with E-state index in [1.165, 1.54) is 6.42 Å². The fourth-order valence-electron chi connectivity index (χ4n) is 1.65. The van der Waals surface area contributed by atoms with Crippen LogP contribution in [-0.4, -0.2) is 18.0 Å². The second-order valence-corrected chi connectivity index (χ2v) is 4.25. The molecule has 0 saturated heterocycles. The summed E-state index contributed by atoms with van der Waals surface area (Å²) in [6.45, 7) is 3.98. The fourth-order valence-corrected chi connectivity index (χ4v) is 1.65. The zero-order valence-corrected chi connectivity index (χ0v) is 8.55. The average molecular weight is 184 g/mol. The van der Waals surface area contributed by atoms with Crippen LogP contribution in [0.3, 0.4) is 0 Å². The summed E-state index contributed by atoms with van der Waals surface area (Å²) in [7, 11) is 0. The van der Waals surface area contributed by atoms with Gasteiger partial charge in [0.05, 0.1) is 0 Å². The van der Waals surface area contributed by atoms with E-state index in [0.29, 0.717) is 0 Å². The topological polar surface area (TPSA) is 55.1 Å². The number of rotatable bonds is 4. The van der Waals surface area contributed by atoms with Crippen LogP contribution in [0.25, 0.3) is 0 Å². The molecule has 1 saturated carbocycles. The summed E-state index contributed by atoms with van der Waals surface area (Å²) in [5, 5.41) is 2.99. The highest BCUT2D eigenvalue weighted by atomic mass is 16.1. The van der Waals surface area contributed by atoms with Crippen molar-refractivity contribution in [2.24, 2.45) is 11.7 Å². The van der Waals surface area contributed by atoms with Crippen LogP contribution in [-0.2, 0) is 4.79 Å². The Morgan fingerprint density at radius 2 is 2.15 bits per heavy atom. The van der Waals surface area contributed by atoms with Crippen LogP contribution in [0, 0.1) is 5.92 Å².